The maximum absolute atomic E-state index is 12.5. The number of fused-ring (bicyclic) bond motifs is 1. The first-order valence-electron chi connectivity index (χ1n) is 10.0. The highest BCUT2D eigenvalue weighted by molar-refractivity contribution is 5.73. The van der Waals surface area contributed by atoms with E-state index in [1.54, 1.807) is 11.7 Å². The van der Waals surface area contributed by atoms with Crippen molar-refractivity contribution in [1.29, 1.82) is 0 Å². The van der Waals surface area contributed by atoms with Gasteiger partial charge in [-0.1, -0.05) is 24.3 Å². The van der Waals surface area contributed by atoms with E-state index < -0.39 is 0 Å². The molecule has 0 aliphatic carbocycles. The van der Waals surface area contributed by atoms with Crippen LogP contribution >= 0.6 is 0 Å². The minimum Gasteiger partial charge on any atom is -0.461 e. The minimum absolute atomic E-state index is 0.201. The van der Waals surface area contributed by atoms with Gasteiger partial charge in [0.05, 0.1) is 18.8 Å². The molecule has 1 saturated heterocycles. The van der Waals surface area contributed by atoms with Crippen LogP contribution in [0, 0.1) is 6.92 Å². The van der Waals surface area contributed by atoms with Gasteiger partial charge in [0.1, 0.15) is 12.1 Å². The number of aromatic nitrogens is 4. The lowest BCUT2D eigenvalue weighted by Gasteiger charge is -2.14. The van der Waals surface area contributed by atoms with Crippen molar-refractivity contribution in [3.63, 3.8) is 0 Å². The van der Waals surface area contributed by atoms with E-state index in [0.29, 0.717) is 36.6 Å². The number of H-pyrrole nitrogens is 1. The lowest BCUT2D eigenvalue weighted by Crippen LogP contribution is -2.19. The summed E-state index contributed by atoms with van der Waals surface area (Å²) in [6.07, 6.45) is 2.58. The van der Waals surface area contributed by atoms with E-state index in [0.717, 1.165) is 12.1 Å². The number of imidazole rings is 1. The van der Waals surface area contributed by atoms with Crippen molar-refractivity contribution < 1.29 is 9.47 Å². The molecule has 1 N–H and O–H groups in total. The highest BCUT2D eigenvalue weighted by Gasteiger charge is 2.15. The molecule has 0 radical (unpaired) electrons. The Balaban J connectivity index is 1.55. The minimum atomic E-state index is -0.201. The smallest absolute Gasteiger partial charge is 0.328 e. The van der Waals surface area contributed by atoms with Crippen LogP contribution < -0.4 is 10.4 Å². The summed E-state index contributed by atoms with van der Waals surface area (Å²) < 4.78 is 12.2. The van der Waals surface area contributed by atoms with Crippen molar-refractivity contribution >= 4 is 11.2 Å². The molecule has 8 heteroatoms. The number of likely N-dealkylation sites (tertiary alicyclic amines) is 1. The molecule has 29 heavy (non-hydrogen) atoms. The molecule has 8 nitrogen and oxygen atoms in total. The summed E-state index contributed by atoms with van der Waals surface area (Å²) in [5.41, 5.74) is 4.02. The molecule has 0 amide bonds. The molecular weight excluding hydrogens is 370 g/mol. The molecule has 2 aromatic heterocycles. The number of hydrogen-bond donors (Lipinski definition) is 1. The van der Waals surface area contributed by atoms with Crippen molar-refractivity contribution in [3.05, 3.63) is 51.6 Å². The summed E-state index contributed by atoms with van der Waals surface area (Å²) in [6, 6.07) is 8.71. The average molecular weight is 397 g/mol. The summed E-state index contributed by atoms with van der Waals surface area (Å²) in [6.45, 7) is 6.43. The Bertz CT molecular complexity index is 1020. The Hall–Kier alpha value is -2.71. The summed E-state index contributed by atoms with van der Waals surface area (Å²) in [5.74, 6) is 0. The number of ether oxygens (including phenoxy) is 2. The fraction of sp³-hybridized carbons (Fsp3) is 0.476. The third-order valence-electron chi connectivity index (χ3n) is 5.27. The van der Waals surface area contributed by atoms with Gasteiger partial charge in [0.25, 0.3) is 0 Å². The number of nitrogens with one attached hydrogen (secondary N) is 1. The van der Waals surface area contributed by atoms with Gasteiger partial charge in [0.2, 0.25) is 0 Å². The summed E-state index contributed by atoms with van der Waals surface area (Å²) in [5, 5.41) is 0. The van der Waals surface area contributed by atoms with Crippen LogP contribution in [0.25, 0.3) is 11.2 Å². The zero-order chi connectivity index (χ0) is 20.2. The van der Waals surface area contributed by atoms with Gasteiger partial charge in [0, 0.05) is 13.7 Å². The van der Waals surface area contributed by atoms with Crippen LogP contribution in [-0.4, -0.2) is 57.8 Å². The number of benzene rings is 1. The largest absolute Gasteiger partial charge is 0.461 e. The highest BCUT2D eigenvalue weighted by atomic mass is 16.5. The molecule has 4 rings (SSSR count). The predicted molar refractivity (Wildman–Crippen MR) is 110 cm³/mol. The SMILES string of the molecule is COCCOc1nc(C)c2[nH]c(=O)n(Cc3ccc(CN4CCCC4)cc3)c2n1. The molecule has 154 valence electrons. The number of hydrogen-bond acceptors (Lipinski definition) is 6. The number of aromatic amines is 1. The standard InChI is InChI=1S/C21H27N5O3/c1-15-18-19(24-20(22-15)29-12-11-28-2)26(21(27)23-18)14-17-7-5-16(6-8-17)13-25-9-3-4-10-25/h5-8H,3-4,9-14H2,1-2H3,(H,23,27). The van der Waals surface area contributed by atoms with E-state index >= 15 is 0 Å². The van der Waals surface area contributed by atoms with Crippen LogP contribution in [0.4, 0.5) is 0 Å². The number of methoxy groups -OCH3 is 1. The second kappa shape index (κ2) is 8.75. The molecule has 1 aliphatic rings. The first-order valence-corrected chi connectivity index (χ1v) is 10.0. The van der Waals surface area contributed by atoms with Crippen LogP contribution in [-0.2, 0) is 17.8 Å². The topological polar surface area (TPSA) is 85.3 Å². The molecule has 1 aromatic carbocycles. The number of rotatable bonds is 8. The van der Waals surface area contributed by atoms with Crippen molar-refractivity contribution in [1.82, 2.24) is 24.4 Å². The normalized spacial score (nSPS) is 14.7. The van der Waals surface area contributed by atoms with Crippen LogP contribution in [0.3, 0.4) is 0 Å². The Morgan fingerprint density at radius 1 is 1.03 bits per heavy atom. The first-order chi connectivity index (χ1) is 14.1. The van der Waals surface area contributed by atoms with E-state index in [4.69, 9.17) is 9.47 Å². The van der Waals surface area contributed by atoms with Gasteiger partial charge < -0.3 is 14.5 Å². The Labute approximate surface area is 169 Å². The third-order valence-corrected chi connectivity index (χ3v) is 5.27. The van der Waals surface area contributed by atoms with Crippen molar-refractivity contribution in [3.8, 4) is 6.01 Å². The summed E-state index contributed by atoms with van der Waals surface area (Å²) in [4.78, 5) is 26.6. The van der Waals surface area contributed by atoms with Gasteiger partial charge in [0.15, 0.2) is 5.65 Å². The summed E-state index contributed by atoms with van der Waals surface area (Å²) in [7, 11) is 1.61. The molecule has 1 aliphatic heterocycles. The fourth-order valence-corrected chi connectivity index (χ4v) is 3.70. The zero-order valence-electron chi connectivity index (χ0n) is 17.0. The number of nitrogens with zero attached hydrogens (tertiary/aromatic N) is 4. The molecular formula is C21H27N5O3. The van der Waals surface area contributed by atoms with Crippen LogP contribution in [0.1, 0.15) is 29.7 Å². The first kappa shape index (κ1) is 19.6. The molecule has 1 fully saturated rings. The molecule has 3 heterocycles. The molecule has 0 unspecified atom stereocenters. The highest BCUT2D eigenvalue weighted by Crippen LogP contribution is 2.17. The second-order valence-electron chi connectivity index (χ2n) is 7.45. The van der Waals surface area contributed by atoms with Crippen molar-refractivity contribution in [2.24, 2.45) is 0 Å². The maximum atomic E-state index is 12.5. The van der Waals surface area contributed by atoms with Crippen LogP contribution in [0.2, 0.25) is 0 Å². The molecule has 0 spiro atoms. The molecule has 0 bridgehead atoms. The van der Waals surface area contributed by atoms with Crippen molar-refractivity contribution in [2.45, 2.75) is 32.9 Å². The Kier molecular flexibility index (Phi) is 5.92. The van der Waals surface area contributed by atoms with E-state index in [1.807, 2.05) is 6.92 Å². The monoisotopic (exact) mass is 397 g/mol. The van der Waals surface area contributed by atoms with Gasteiger partial charge in [-0.3, -0.25) is 9.47 Å². The van der Waals surface area contributed by atoms with Gasteiger partial charge in [-0.05, 0) is 44.0 Å². The molecule has 3 aromatic rings. The van der Waals surface area contributed by atoms with Crippen LogP contribution in [0.15, 0.2) is 29.1 Å². The maximum Gasteiger partial charge on any atom is 0.328 e. The number of aryl methyl sites for hydroxylation is 1. The lowest BCUT2D eigenvalue weighted by molar-refractivity contribution is 0.141. The zero-order valence-corrected chi connectivity index (χ0v) is 17.0. The van der Waals surface area contributed by atoms with Gasteiger partial charge in [-0.25, -0.2) is 4.79 Å². The molecule has 0 saturated carbocycles. The van der Waals surface area contributed by atoms with E-state index in [-0.39, 0.29) is 11.7 Å². The Morgan fingerprint density at radius 3 is 2.41 bits per heavy atom. The van der Waals surface area contributed by atoms with Gasteiger partial charge >= 0.3 is 11.7 Å². The van der Waals surface area contributed by atoms with Gasteiger partial charge in [-0.2, -0.15) is 9.97 Å². The quantitative estimate of drug-likeness (QED) is 0.586. The lowest BCUT2D eigenvalue weighted by atomic mass is 10.1. The Morgan fingerprint density at radius 2 is 1.72 bits per heavy atom. The second-order valence-corrected chi connectivity index (χ2v) is 7.45. The van der Waals surface area contributed by atoms with Crippen LogP contribution in [0.5, 0.6) is 6.01 Å². The van der Waals surface area contributed by atoms with Gasteiger partial charge in [-0.15, -0.1) is 0 Å². The fourth-order valence-electron chi connectivity index (χ4n) is 3.70. The van der Waals surface area contributed by atoms with Crippen molar-refractivity contribution in [2.75, 3.05) is 33.4 Å². The summed E-state index contributed by atoms with van der Waals surface area (Å²) >= 11 is 0. The average Bonchev–Trinajstić information content (AvgIpc) is 3.33. The molecule has 0 atom stereocenters. The van der Waals surface area contributed by atoms with E-state index in [2.05, 4.69) is 44.1 Å². The van der Waals surface area contributed by atoms with E-state index in [9.17, 15) is 4.79 Å². The van der Waals surface area contributed by atoms with E-state index in [1.165, 1.54) is 31.5 Å². The third kappa shape index (κ3) is 4.49. The predicted octanol–water partition coefficient (Wildman–Crippen LogP) is 2.10.